The van der Waals surface area contributed by atoms with Crippen LogP contribution in [0.4, 0.5) is 0 Å². The summed E-state index contributed by atoms with van der Waals surface area (Å²) in [7, 11) is 0. The molecule has 1 aromatic heterocycles. The van der Waals surface area contributed by atoms with Crippen molar-refractivity contribution < 1.29 is 4.79 Å². The minimum Gasteiger partial charge on any atom is -0.294 e. The number of nitrogens with zero attached hydrogens (tertiary/aromatic N) is 2. The number of Topliss-reactive ketones (excluding diaryl/α,β-unsaturated/α-hetero) is 1. The molecule has 0 aromatic carbocycles. The Morgan fingerprint density at radius 1 is 1.50 bits per heavy atom. The lowest BCUT2D eigenvalue weighted by atomic mass is 10.0. The van der Waals surface area contributed by atoms with Crippen molar-refractivity contribution in [3.05, 3.63) is 34.6 Å². The molecule has 0 aliphatic heterocycles. The number of halogens is 1. The molecular weight excluding hydrogens is 248 g/mol. The average molecular weight is 265 g/mol. The first-order chi connectivity index (χ1) is 8.50. The Morgan fingerprint density at radius 2 is 2.22 bits per heavy atom. The van der Waals surface area contributed by atoms with Gasteiger partial charge in [-0.25, -0.2) is 4.68 Å². The number of carbonyl (C=O) groups excluding carboxylic acids is 1. The molecule has 96 valence electrons. The number of ketones is 1. The minimum absolute atomic E-state index is 0.0131. The molecule has 0 amide bonds. The maximum atomic E-state index is 12.0. The van der Waals surface area contributed by atoms with Gasteiger partial charge in [-0.05, 0) is 25.8 Å². The third-order valence-electron chi connectivity index (χ3n) is 3.09. The van der Waals surface area contributed by atoms with E-state index in [1.807, 2.05) is 26.8 Å². The summed E-state index contributed by atoms with van der Waals surface area (Å²) in [6.07, 6.45) is 7.44. The second kappa shape index (κ2) is 5.11. The van der Waals surface area contributed by atoms with Crippen LogP contribution < -0.4 is 0 Å². The predicted octanol–water partition coefficient (Wildman–Crippen LogP) is 3.79. The first kappa shape index (κ1) is 13.1. The monoisotopic (exact) mass is 264 g/mol. The molecule has 0 saturated heterocycles. The van der Waals surface area contributed by atoms with Crippen LogP contribution in [0.15, 0.2) is 23.4 Å². The molecule has 1 aromatic rings. The SMILES string of the molecule is Cc1c(C(=O)C(C)C)cnn1C1=CCCC(Cl)=C1. The van der Waals surface area contributed by atoms with Crippen LogP contribution in [0.3, 0.4) is 0 Å². The van der Waals surface area contributed by atoms with Gasteiger partial charge in [0.15, 0.2) is 5.78 Å². The van der Waals surface area contributed by atoms with Crippen molar-refractivity contribution in [1.82, 2.24) is 9.78 Å². The van der Waals surface area contributed by atoms with E-state index in [0.29, 0.717) is 5.56 Å². The van der Waals surface area contributed by atoms with Gasteiger partial charge in [0.25, 0.3) is 0 Å². The van der Waals surface area contributed by atoms with E-state index in [1.54, 1.807) is 10.9 Å². The van der Waals surface area contributed by atoms with Crippen molar-refractivity contribution >= 4 is 23.1 Å². The van der Waals surface area contributed by atoms with E-state index in [4.69, 9.17) is 11.6 Å². The van der Waals surface area contributed by atoms with Gasteiger partial charge >= 0.3 is 0 Å². The van der Waals surface area contributed by atoms with Gasteiger partial charge in [0.2, 0.25) is 0 Å². The van der Waals surface area contributed by atoms with Gasteiger partial charge in [-0.15, -0.1) is 0 Å². The van der Waals surface area contributed by atoms with E-state index >= 15 is 0 Å². The lowest BCUT2D eigenvalue weighted by molar-refractivity contribution is 0.0939. The molecule has 0 saturated carbocycles. The summed E-state index contributed by atoms with van der Waals surface area (Å²) in [5, 5.41) is 5.13. The summed E-state index contributed by atoms with van der Waals surface area (Å²) >= 11 is 6.05. The number of rotatable bonds is 3. The summed E-state index contributed by atoms with van der Waals surface area (Å²) in [5.74, 6) is 0.117. The fraction of sp³-hybridized carbons (Fsp3) is 0.429. The molecular formula is C14H17ClN2O. The van der Waals surface area contributed by atoms with E-state index < -0.39 is 0 Å². The number of carbonyl (C=O) groups is 1. The normalized spacial score (nSPS) is 15.6. The Balaban J connectivity index is 2.38. The maximum Gasteiger partial charge on any atom is 0.168 e. The minimum atomic E-state index is -0.0131. The van der Waals surface area contributed by atoms with E-state index in [9.17, 15) is 4.79 Å². The van der Waals surface area contributed by atoms with Crippen molar-refractivity contribution in [3.63, 3.8) is 0 Å². The fourth-order valence-corrected chi connectivity index (χ4v) is 2.24. The van der Waals surface area contributed by atoms with Crippen LogP contribution in [0, 0.1) is 12.8 Å². The molecule has 0 unspecified atom stereocenters. The van der Waals surface area contributed by atoms with Gasteiger partial charge < -0.3 is 0 Å². The van der Waals surface area contributed by atoms with Crippen LogP contribution in [0.1, 0.15) is 42.7 Å². The molecule has 0 atom stereocenters. The highest BCUT2D eigenvalue weighted by Crippen LogP contribution is 2.25. The van der Waals surface area contributed by atoms with Crippen LogP contribution in [0.2, 0.25) is 0 Å². The first-order valence-corrected chi connectivity index (χ1v) is 6.54. The summed E-state index contributed by atoms with van der Waals surface area (Å²) < 4.78 is 1.79. The van der Waals surface area contributed by atoms with Crippen molar-refractivity contribution in [2.45, 2.75) is 33.6 Å². The predicted molar refractivity (Wildman–Crippen MR) is 73.6 cm³/mol. The average Bonchev–Trinajstić information content (AvgIpc) is 2.70. The second-order valence-electron chi connectivity index (χ2n) is 4.83. The number of hydrogen-bond acceptors (Lipinski definition) is 2. The number of hydrogen-bond donors (Lipinski definition) is 0. The smallest absolute Gasteiger partial charge is 0.168 e. The van der Waals surface area contributed by atoms with E-state index in [0.717, 1.165) is 29.3 Å². The van der Waals surface area contributed by atoms with Crippen molar-refractivity contribution in [2.75, 3.05) is 0 Å². The van der Waals surface area contributed by atoms with E-state index in [2.05, 4.69) is 11.2 Å². The lowest BCUT2D eigenvalue weighted by Crippen LogP contribution is -2.09. The molecule has 0 radical (unpaired) electrons. The molecule has 4 heteroatoms. The Kier molecular flexibility index (Phi) is 3.71. The van der Waals surface area contributed by atoms with Crippen molar-refractivity contribution in [1.29, 1.82) is 0 Å². The van der Waals surface area contributed by atoms with Crippen LogP contribution in [0.5, 0.6) is 0 Å². The molecule has 3 nitrogen and oxygen atoms in total. The van der Waals surface area contributed by atoms with Gasteiger partial charge in [0.1, 0.15) is 0 Å². The lowest BCUT2D eigenvalue weighted by Gasteiger charge is -2.11. The van der Waals surface area contributed by atoms with Crippen LogP contribution >= 0.6 is 11.6 Å². The molecule has 0 N–H and O–H groups in total. The molecule has 0 bridgehead atoms. The van der Waals surface area contributed by atoms with Gasteiger partial charge in [0.05, 0.1) is 23.2 Å². The van der Waals surface area contributed by atoms with Crippen LogP contribution in [-0.4, -0.2) is 15.6 Å². The molecule has 0 spiro atoms. The third-order valence-corrected chi connectivity index (χ3v) is 3.38. The quantitative estimate of drug-likeness (QED) is 0.779. The van der Waals surface area contributed by atoms with E-state index in [1.165, 1.54) is 0 Å². The van der Waals surface area contributed by atoms with Crippen molar-refractivity contribution in [2.24, 2.45) is 5.92 Å². The van der Waals surface area contributed by atoms with Crippen LogP contribution in [0.25, 0.3) is 5.70 Å². The highest BCUT2D eigenvalue weighted by Gasteiger charge is 2.18. The van der Waals surface area contributed by atoms with Crippen LogP contribution in [-0.2, 0) is 0 Å². The van der Waals surface area contributed by atoms with Gasteiger partial charge in [-0.3, -0.25) is 4.79 Å². The largest absolute Gasteiger partial charge is 0.294 e. The Hall–Kier alpha value is -1.35. The highest BCUT2D eigenvalue weighted by atomic mass is 35.5. The molecule has 1 heterocycles. The summed E-state index contributed by atoms with van der Waals surface area (Å²) in [6, 6.07) is 0. The number of aromatic nitrogens is 2. The second-order valence-corrected chi connectivity index (χ2v) is 5.32. The molecule has 1 aliphatic rings. The summed E-state index contributed by atoms with van der Waals surface area (Å²) in [4.78, 5) is 12.0. The van der Waals surface area contributed by atoms with Crippen molar-refractivity contribution in [3.8, 4) is 0 Å². The Morgan fingerprint density at radius 3 is 2.83 bits per heavy atom. The topological polar surface area (TPSA) is 34.9 Å². The molecule has 0 fully saturated rings. The fourth-order valence-electron chi connectivity index (χ4n) is 2.02. The Bertz CT molecular complexity index is 538. The zero-order valence-corrected chi connectivity index (χ0v) is 11.7. The third kappa shape index (κ3) is 2.41. The van der Waals surface area contributed by atoms with Gasteiger partial charge in [-0.2, -0.15) is 5.10 Å². The Labute approximate surface area is 112 Å². The highest BCUT2D eigenvalue weighted by molar-refractivity contribution is 6.30. The first-order valence-electron chi connectivity index (χ1n) is 6.16. The van der Waals surface area contributed by atoms with E-state index in [-0.39, 0.29) is 11.7 Å². The zero-order valence-electron chi connectivity index (χ0n) is 10.9. The van der Waals surface area contributed by atoms with Gasteiger partial charge in [-0.1, -0.05) is 31.5 Å². The molecule has 1 aliphatic carbocycles. The molecule has 18 heavy (non-hydrogen) atoms. The summed E-state index contributed by atoms with van der Waals surface area (Å²) in [6.45, 7) is 5.71. The maximum absolute atomic E-state index is 12.0. The number of allylic oxidation sites excluding steroid dienone is 4. The molecule has 2 rings (SSSR count). The zero-order chi connectivity index (χ0) is 13.3. The standard InChI is InChI=1S/C14H17ClN2O/c1-9(2)14(18)13-8-16-17(10(13)3)12-6-4-5-11(15)7-12/h6-9H,4-5H2,1-3H3. The summed E-state index contributed by atoms with van der Waals surface area (Å²) in [5.41, 5.74) is 2.52. The van der Waals surface area contributed by atoms with Gasteiger partial charge in [0, 0.05) is 11.0 Å².